The van der Waals surface area contributed by atoms with Crippen LogP contribution in [0.5, 0.6) is 0 Å². The van der Waals surface area contributed by atoms with Gasteiger partial charge in [-0.25, -0.2) is 4.21 Å². The lowest BCUT2D eigenvalue weighted by molar-refractivity contribution is 0.198. The van der Waals surface area contributed by atoms with Gasteiger partial charge in [0.15, 0.2) is 11.0 Å². The second-order valence-electron chi connectivity index (χ2n) is 6.84. The molecule has 7 heteroatoms. The summed E-state index contributed by atoms with van der Waals surface area (Å²) in [6.07, 6.45) is 5.05. The smallest absolute Gasteiger partial charge is 0.157 e. The van der Waals surface area contributed by atoms with E-state index in [2.05, 4.69) is 15.2 Å². The van der Waals surface area contributed by atoms with Crippen molar-refractivity contribution < 1.29 is 9.32 Å². The van der Waals surface area contributed by atoms with Gasteiger partial charge in [-0.15, -0.1) is 0 Å². The molecule has 2 atom stereocenters. The minimum absolute atomic E-state index is 0.284. The van der Waals surface area contributed by atoms with Crippen LogP contribution in [0.4, 0.5) is 5.69 Å². The zero-order chi connectivity index (χ0) is 18.8. The van der Waals surface area contributed by atoms with Gasteiger partial charge in [-0.05, 0) is 62.3 Å². The number of aliphatic hydroxyl groups is 1. The quantitative estimate of drug-likeness (QED) is 0.680. The molecule has 6 nitrogen and oxygen atoms in total. The van der Waals surface area contributed by atoms with Crippen LogP contribution in [-0.2, 0) is 17.4 Å². The second-order valence-corrected chi connectivity index (χ2v) is 8.20. The van der Waals surface area contributed by atoms with Crippen LogP contribution in [0.25, 0.3) is 11.0 Å². The molecule has 2 N–H and O–H groups in total. The Bertz CT molecular complexity index is 972. The van der Waals surface area contributed by atoms with Crippen molar-refractivity contribution >= 4 is 27.7 Å². The van der Waals surface area contributed by atoms with Gasteiger partial charge in [0.2, 0.25) is 0 Å². The minimum atomic E-state index is -1.36. The first-order valence-electron chi connectivity index (χ1n) is 9.22. The number of fused-ring (bicyclic) bond motifs is 1. The van der Waals surface area contributed by atoms with E-state index in [9.17, 15) is 9.32 Å². The highest BCUT2D eigenvalue weighted by atomic mass is 32.2. The van der Waals surface area contributed by atoms with Crippen molar-refractivity contribution in [2.24, 2.45) is 0 Å². The van der Waals surface area contributed by atoms with E-state index >= 15 is 0 Å². The monoisotopic (exact) mass is 384 g/mol. The number of hydrogen-bond acceptors (Lipinski definition) is 5. The number of nitrogens with one attached hydrogen (secondary N) is 1. The van der Waals surface area contributed by atoms with Gasteiger partial charge in [0.05, 0.1) is 22.0 Å². The number of anilines is 1. The average molecular weight is 385 g/mol. The Labute approximate surface area is 161 Å². The molecular weight excluding hydrogens is 360 g/mol. The molecule has 2 aromatic heterocycles. The van der Waals surface area contributed by atoms with Crippen LogP contribution in [0.3, 0.4) is 0 Å². The van der Waals surface area contributed by atoms with Crippen LogP contribution < -0.4 is 10.2 Å². The summed E-state index contributed by atoms with van der Waals surface area (Å²) in [6, 6.07) is 11.6. The highest BCUT2D eigenvalue weighted by Crippen LogP contribution is 2.26. The first-order chi connectivity index (χ1) is 13.2. The summed E-state index contributed by atoms with van der Waals surface area (Å²) in [7, 11) is 0.564. The maximum Gasteiger partial charge on any atom is 0.157 e. The number of hydrogen-bond donors (Lipinski definition) is 2. The topological polar surface area (TPSA) is 70.4 Å². The summed E-state index contributed by atoms with van der Waals surface area (Å²) >= 11 is 0. The number of benzene rings is 1. The minimum Gasteiger partial charge on any atom is -0.391 e. The summed E-state index contributed by atoms with van der Waals surface area (Å²) < 4.78 is 15.2. The van der Waals surface area contributed by atoms with Crippen molar-refractivity contribution in [3.05, 3.63) is 54.4 Å². The van der Waals surface area contributed by atoms with Gasteiger partial charge in [-0.3, -0.25) is 8.96 Å². The summed E-state index contributed by atoms with van der Waals surface area (Å²) in [5.74, 6) is 0. The third-order valence-electron chi connectivity index (χ3n) is 4.97. The zero-order valence-corrected chi connectivity index (χ0v) is 16.2. The molecule has 0 saturated carbocycles. The third kappa shape index (κ3) is 3.63. The lowest BCUT2D eigenvalue weighted by atomic mass is 10.2. The first-order valence-corrected chi connectivity index (χ1v) is 10.3. The van der Waals surface area contributed by atoms with Crippen molar-refractivity contribution in [3.63, 3.8) is 0 Å². The van der Waals surface area contributed by atoms with E-state index in [1.807, 2.05) is 53.6 Å². The predicted octanol–water partition coefficient (Wildman–Crippen LogP) is 1.94. The zero-order valence-electron chi connectivity index (χ0n) is 15.3. The van der Waals surface area contributed by atoms with E-state index in [4.69, 9.17) is 0 Å². The van der Waals surface area contributed by atoms with E-state index in [1.54, 1.807) is 6.20 Å². The molecule has 3 aromatic rings. The van der Waals surface area contributed by atoms with E-state index in [1.165, 1.54) is 0 Å². The molecule has 0 amide bonds. The Kier molecular flexibility index (Phi) is 5.24. The average Bonchev–Trinajstić information content (AvgIpc) is 3.30. The third-order valence-corrected chi connectivity index (χ3v) is 6.29. The maximum atomic E-state index is 13.3. The van der Waals surface area contributed by atoms with E-state index in [-0.39, 0.29) is 6.10 Å². The van der Waals surface area contributed by atoms with Crippen LogP contribution in [-0.4, -0.2) is 51.1 Å². The SMILES string of the molecule is CNCCc1cn(S(=O)c2cccc(N3CCC(O)C3)c2)c2cccnc12. The maximum absolute atomic E-state index is 13.3. The molecule has 1 aliphatic rings. The molecule has 3 heterocycles. The lowest BCUT2D eigenvalue weighted by Crippen LogP contribution is -2.21. The van der Waals surface area contributed by atoms with Crippen molar-refractivity contribution in [1.29, 1.82) is 0 Å². The Morgan fingerprint density at radius 3 is 3.00 bits per heavy atom. The molecule has 0 radical (unpaired) electrons. The van der Waals surface area contributed by atoms with Crippen LogP contribution in [0, 0.1) is 0 Å². The summed E-state index contributed by atoms with van der Waals surface area (Å²) in [6.45, 7) is 2.29. The van der Waals surface area contributed by atoms with Crippen LogP contribution >= 0.6 is 0 Å². The second kappa shape index (κ2) is 7.80. The van der Waals surface area contributed by atoms with Gasteiger partial charge in [0, 0.05) is 31.2 Å². The number of rotatable bonds is 6. The van der Waals surface area contributed by atoms with Gasteiger partial charge in [-0.2, -0.15) is 0 Å². The van der Waals surface area contributed by atoms with Gasteiger partial charge in [0.1, 0.15) is 0 Å². The van der Waals surface area contributed by atoms with Crippen molar-refractivity contribution in [3.8, 4) is 0 Å². The normalized spacial score (nSPS) is 18.3. The highest BCUT2D eigenvalue weighted by Gasteiger charge is 2.21. The first kappa shape index (κ1) is 18.2. The number of β-amino-alcohol motifs (C(OH)–C–C–N with tert-alkyl or cyclic N) is 1. The Morgan fingerprint density at radius 2 is 2.22 bits per heavy atom. The molecular formula is C20H24N4O2S. The number of pyridine rings is 1. The Morgan fingerprint density at radius 1 is 1.33 bits per heavy atom. The number of aliphatic hydroxyl groups excluding tert-OH is 1. The standard InChI is InChI=1S/C20H24N4O2S/c1-21-10-7-15-13-24(19-6-3-9-22-20(15)19)27(26)18-5-2-4-16(12-18)23-11-8-17(25)14-23/h2-6,9,12-13,17,21,25H,7-8,10-11,14H2,1H3. The van der Waals surface area contributed by atoms with Crippen LogP contribution in [0.2, 0.25) is 0 Å². The molecule has 0 bridgehead atoms. The predicted molar refractivity (Wildman–Crippen MR) is 108 cm³/mol. The summed E-state index contributed by atoms with van der Waals surface area (Å²) in [5, 5.41) is 12.9. The van der Waals surface area contributed by atoms with Gasteiger partial charge >= 0.3 is 0 Å². The molecule has 27 heavy (non-hydrogen) atoms. The molecule has 1 aromatic carbocycles. The van der Waals surface area contributed by atoms with Crippen LogP contribution in [0.1, 0.15) is 12.0 Å². The van der Waals surface area contributed by atoms with E-state index < -0.39 is 11.0 Å². The van der Waals surface area contributed by atoms with Gasteiger partial charge < -0.3 is 15.3 Å². The molecule has 1 aliphatic heterocycles. The molecule has 142 valence electrons. The van der Waals surface area contributed by atoms with Crippen LogP contribution in [0.15, 0.2) is 53.7 Å². The fourth-order valence-corrected chi connectivity index (χ4v) is 4.75. The molecule has 1 fully saturated rings. The van der Waals surface area contributed by atoms with Gasteiger partial charge in [0.25, 0.3) is 0 Å². The fourth-order valence-electron chi connectivity index (χ4n) is 3.55. The van der Waals surface area contributed by atoms with E-state index in [0.717, 1.165) is 53.1 Å². The number of likely N-dealkylation sites (N-methyl/N-ethyl adjacent to an activating group) is 1. The molecule has 0 aliphatic carbocycles. The Balaban J connectivity index is 1.69. The highest BCUT2D eigenvalue weighted by molar-refractivity contribution is 7.83. The molecule has 4 rings (SSSR count). The summed E-state index contributed by atoms with van der Waals surface area (Å²) in [5.41, 5.74) is 3.87. The van der Waals surface area contributed by atoms with Crippen molar-refractivity contribution in [1.82, 2.24) is 14.3 Å². The number of aromatic nitrogens is 2. The van der Waals surface area contributed by atoms with Gasteiger partial charge in [-0.1, -0.05) is 6.07 Å². The summed E-state index contributed by atoms with van der Waals surface area (Å²) in [4.78, 5) is 7.38. The molecule has 0 spiro atoms. The molecule has 1 saturated heterocycles. The van der Waals surface area contributed by atoms with Crippen molar-refractivity contribution in [2.45, 2.75) is 23.8 Å². The molecule has 2 unspecified atom stereocenters. The largest absolute Gasteiger partial charge is 0.391 e. The van der Waals surface area contributed by atoms with Crippen molar-refractivity contribution in [2.75, 3.05) is 31.6 Å². The lowest BCUT2D eigenvalue weighted by Gasteiger charge is -2.18. The number of nitrogens with zero attached hydrogens (tertiary/aromatic N) is 3. The Hall–Kier alpha value is -2.22. The fraction of sp³-hybridized carbons (Fsp3) is 0.350. The van der Waals surface area contributed by atoms with E-state index in [0.29, 0.717) is 6.54 Å².